The van der Waals surface area contributed by atoms with E-state index < -0.39 is 0 Å². The molecule has 0 aromatic rings. The van der Waals surface area contributed by atoms with Gasteiger partial charge < -0.3 is 4.43 Å². The Hall–Kier alpha value is -0.313. The molecular weight excluding hydrogens is 144 g/mol. The first-order valence-corrected chi connectivity index (χ1v) is 5.08. The summed E-state index contributed by atoms with van der Waals surface area (Å²) in [7, 11) is 0.300. The maximum absolute atomic E-state index is 10.7. The van der Waals surface area contributed by atoms with Gasteiger partial charge in [0.2, 0.25) is 0 Å². The molecule has 0 N–H and O–H groups in total. The fraction of sp³-hybridized carbons (Fsp3) is 0.857. The SMILES string of the molecule is CCCCCC(=O)O[Si]C. The summed E-state index contributed by atoms with van der Waals surface area (Å²) in [4.78, 5) is 10.7. The number of hydrogen-bond acceptors (Lipinski definition) is 2. The van der Waals surface area contributed by atoms with Crippen LogP contribution >= 0.6 is 0 Å². The highest BCUT2D eigenvalue weighted by molar-refractivity contribution is 6.28. The third kappa shape index (κ3) is 5.82. The summed E-state index contributed by atoms with van der Waals surface area (Å²) in [5.74, 6) is -0.0470. The van der Waals surface area contributed by atoms with Gasteiger partial charge in [-0.1, -0.05) is 19.8 Å². The first kappa shape index (κ1) is 9.69. The summed E-state index contributed by atoms with van der Waals surface area (Å²) in [6.45, 7) is 3.98. The van der Waals surface area contributed by atoms with Crippen molar-refractivity contribution in [2.45, 2.75) is 39.2 Å². The van der Waals surface area contributed by atoms with Crippen LogP contribution in [0.5, 0.6) is 0 Å². The third-order valence-electron chi connectivity index (χ3n) is 1.20. The predicted molar refractivity (Wildman–Crippen MR) is 41.9 cm³/mol. The normalized spacial score (nSPS) is 9.40. The van der Waals surface area contributed by atoms with Gasteiger partial charge >= 0.3 is 9.76 Å². The van der Waals surface area contributed by atoms with Gasteiger partial charge in [0.15, 0.2) is 0 Å². The Morgan fingerprint density at radius 2 is 2.20 bits per heavy atom. The van der Waals surface area contributed by atoms with Gasteiger partial charge in [0.1, 0.15) is 0 Å². The quantitative estimate of drug-likeness (QED) is 0.450. The van der Waals surface area contributed by atoms with E-state index in [1.165, 1.54) is 0 Å². The Labute approximate surface area is 64.9 Å². The molecule has 0 rings (SSSR count). The number of unbranched alkanes of at least 4 members (excludes halogenated alkanes) is 2. The number of rotatable bonds is 5. The molecule has 0 unspecified atom stereocenters. The van der Waals surface area contributed by atoms with Crippen LogP contribution in [0.4, 0.5) is 0 Å². The summed E-state index contributed by atoms with van der Waals surface area (Å²) in [5.41, 5.74) is 0. The Kier molecular flexibility index (Phi) is 6.59. The molecule has 0 saturated heterocycles. The number of carbonyl (C=O) groups excluding carboxylic acids is 1. The molecule has 2 radical (unpaired) electrons. The average molecular weight is 158 g/mol. The minimum absolute atomic E-state index is 0.0470. The number of carbonyl (C=O) groups is 1. The number of hydrogen-bond donors (Lipinski definition) is 0. The van der Waals surface area contributed by atoms with Gasteiger partial charge in [0.05, 0.1) is 0 Å². The molecule has 0 aliphatic carbocycles. The molecule has 0 heterocycles. The summed E-state index contributed by atoms with van der Waals surface area (Å²) in [6.07, 6.45) is 3.85. The second-order valence-electron chi connectivity index (χ2n) is 2.14. The van der Waals surface area contributed by atoms with Crippen LogP contribution in [-0.4, -0.2) is 15.7 Å². The highest BCUT2D eigenvalue weighted by Gasteiger charge is 1.99. The summed E-state index contributed by atoms with van der Waals surface area (Å²) < 4.78 is 4.78. The fourth-order valence-corrected chi connectivity index (χ4v) is 1.01. The van der Waals surface area contributed by atoms with Crippen LogP contribution in [0.2, 0.25) is 6.55 Å². The van der Waals surface area contributed by atoms with Crippen molar-refractivity contribution in [3.63, 3.8) is 0 Å². The second kappa shape index (κ2) is 6.80. The van der Waals surface area contributed by atoms with Gasteiger partial charge in [-0.2, -0.15) is 0 Å². The highest BCUT2D eigenvalue weighted by atomic mass is 28.2. The van der Waals surface area contributed by atoms with E-state index in [0.29, 0.717) is 16.2 Å². The third-order valence-corrected chi connectivity index (χ3v) is 1.63. The highest BCUT2D eigenvalue weighted by Crippen LogP contribution is 1.99. The lowest BCUT2D eigenvalue weighted by Crippen LogP contribution is -2.05. The molecule has 0 aromatic carbocycles. The van der Waals surface area contributed by atoms with Crippen LogP contribution in [0.25, 0.3) is 0 Å². The van der Waals surface area contributed by atoms with Crippen molar-refractivity contribution in [3.05, 3.63) is 0 Å². The van der Waals surface area contributed by atoms with Crippen molar-refractivity contribution in [2.24, 2.45) is 0 Å². The van der Waals surface area contributed by atoms with Crippen LogP contribution < -0.4 is 0 Å². The van der Waals surface area contributed by atoms with Crippen LogP contribution in [0.1, 0.15) is 32.6 Å². The minimum Gasteiger partial charge on any atom is -0.517 e. The Morgan fingerprint density at radius 3 is 2.70 bits per heavy atom. The van der Waals surface area contributed by atoms with Gasteiger partial charge in [0.25, 0.3) is 5.97 Å². The van der Waals surface area contributed by atoms with Crippen molar-refractivity contribution < 1.29 is 9.22 Å². The van der Waals surface area contributed by atoms with Crippen LogP contribution in [-0.2, 0) is 9.22 Å². The molecule has 3 heteroatoms. The topological polar surface area (TPSA) is 26.3 Å². The van der Waals surface area contributed by atoms with E-state index >= 15 is 0 Å². The molecule has 0 aromatic heterocycles. The van der Waals surface area contributed by atoms with Crippen molar-refractivity contribution in [3.8, 4) is 0 Å². The maximum atomic E-state index is 10.7. The van der Waals surface area contributed by atoms with Crippen molar-refractivity contribution in [1.29, 1.82) is 0 Å². The van der Waals surface area contributed by atoms with Gasteiger partial charge in [-0.15, -0.1) is 0 Å². The van der Waals surface area contributed by atoms with E-state index in [1.807, 2.05) is 6.55 Å². The molecule has 58 valence electrons. The maximum Gasteiger partial charge on any atom is 0.311 e. The van der Waals surface area contributed by atoms with Crippen LogP contribution in [0.3, 0.4) is 0 Å². The van der Waals surface area contributed by atoms with Crippen molar-refractivity contribution >= 4 is 15.7 Å². The van der Waals surface area contributed by atoms with E-state index in [9.17, 15) is 4.79 Å². The molecule has 0 atom stereocenters. The van der Waals surface area contributed by atoms with Gasteiger partial charge in [-0.05, 0) is 13.0 Å². The molecule has 0 bridgehead atoms. The van der Waals surface area contributed by atoms with Gasteiger partial charge in [-0.25, -0.2) is 0 Å². The predicted octanol–water partition coefficient (Wildman–Crippen LogP) is 1.78. The monoisotopic (exact) mass is 158 g/mol. The second-order valence-corrected chi connectivity index (χ2v) is 2.75. The zero-order valence-electron chi connectivity index (χ0n) is 6.64. The Morgan fingerprint density at radius 1 is 1.50 bits per heavy atom. The first-order chi connectivity index (χ1) is 4.81. The fourth-order valence-electron chi connectivity index (χ4n) is 0.684. The van der Waals surface area contributed by atoms with E-state index in [2.05, 4.69) is 6.92 Å². The molecule has 0 saturated carbocycles. The molecule has 0 aliphatic heterocycles. The summed E-state index contributed by atoms with van der Waals surface area (Å²) >= 11 is 0. The summed E-state index contributed by atoms with van der Waals surface area (Å²) in [6, 6.07) is 0. The zero-order chi connectivity index (χ0) is 7.82. The smallest absolute Gasteiger partial charge is 0.311 e. The van der Waals surface area contributed by atoms with E-state index in [-0.39, 0.29) is 5.97 Å². The Bertz CT molecular complexity index is 93.6. The molecule has 2 nitrogen and oxygen atoms in total. The van der Waals surface area contributed by atoms with Gasteiger partial charge in [0, 0.05) is 6.42 Å². The molecule has 0 aliphatic rings. The van der Waals surface area contributed by atoms with E-state index in [4.69, 9.17) is 4.43 Å². The van der Waals surface area contributed by atoms with Crippen molar-refractivity contribution in [1.82, 2.24) is 0 Å². The van der Waals surface area contributed by atoms with Crippen LogP contribution in [0, 0.1) is 0 Å². The largest absolute Gasteiger partial charge is 0.517 e. The Balaban J connectivity index is 3.05. The lowest BCUT2D eigenvalue weighted by Gasteiger charge is -1.98. The molecule has 0 amide bonds. The lowest BCUT2D eigenvalue weighted by atomic mass is 10.2. The molecular formula is C7H14O2Si. The van der Waals surface area contributed by atoms with Crippen LogP contribution in [0.15, 0.2) is 0 Å². The standard InChI is InChI=1S/C7H14O2Si/c1-3-4-5-6-7(8)9-10-2/h3-6H2,1-2H3. The minimum atomic E-state index is -0.0470. The molecule has 0 spiro atoms. The van der Waals surface area contributed by atoms with E-state index in [1.54, 1.807) is 0 Å². The van der Waals surface area contributed by atoms with E-state index in [0.717, 1.165) is 19.3 Å². The zero-order valence-corrected chi connectivity index (χ0v) is 7.64. The molecule has 10 heavy (non-hydrogen) atoms. The average Bonchev–Trinajstić information content (AvgIpc) is 1.89. The summed E-state index contributed by atoms with van der Waals surface area (Å²) in [5, 5.41) is 0. The van der Waals surface area contributed by atoms with Crippen molar-refractivity contribution in [2.75, 3.05) is 0 Å². The lowest BCUT2D eigenvalue weighted by molar-refractivity contribution is -0.134. The molecule has 0 fully saturated rings. The van der Waals surface area contributed by atoms with Gasteiger partial charge in [-0.3, -0.25) is 4.79 Å². The first-order valence-electron chi connectivity index (χ1n) is 3.67.